The van der Waals surface area contributed by atoms with E-state index in [-0.39, 0.29) is 24.8 Å². The maximum absolute atomic E-state index is 12.1. The molecule has 0 saturated heterocycles. The van der Waals surface area contributed by atoms with E-state index in [0.717, 1.165) is 10.0 Å². The molecule has 23 heavy (non-hydrogen) atoms. The van der Waals surface area contributed by atoms with E-state index in [1.807, 2.05) is 24.3 Å². The van der Waals surface area contributed by atoms with Crippen LogP contribution in [0.1, 0.15) is 18.1 Å². The molecule has 120 valence electrons. The first-order valence-corrected chi connectivity index (χ1v) is 8.06. The van der Waals surface area contributed by atoms with Crippen molar-refractivity contribution < 1.29 is 19.1 Å². The third kappa shape index (κ3) is 5.53. The SMILES string of the molecule is CCOC(=O)Cc1ccccc1OC(=O)Cc1ccc(Br)cc1. The van der Waals surface area contributed by atoms with Crippen LogP contribution in [0.3, 0.4) is 0 Å². The topological polar surface area (TPSA) is 52.6 Å². The molecule has 2 rings (SSSR count). The number of esters is 2. The summed E-state index contributed by atoms with van der Waals surface area (Å²) in [5.41, 5.74) is 1.50. The van der Waals surface area contributed by atoms with Crippen LogP contribution in [-0.4, -0.2) is 18.5 Å². The minimum absolute atomic E-state index is 0.0789. The van der Waals surface area contributed by atoms with Crippen LogP contribution in [0.5, 0.6) is 5.75 Å². The summed E-state index contributed by atoms with van der Waals surface area (Å²) in [6.07, 6.45) is 0.247. The Hall–Kier alpha value is -2.14. The van der Waals surface area contributed by atoms with Crippen molar-refractivity contribution in [2.75, 3.05) is 6.61 Å². The minimum Gasteiger partial charge on any atom is -0.466 e. The van der Waals surface area contributed by atoms with Gasteiger partial charge < -0.3 is 9.47 Å². The predicted molar refractivity (Wildman–Crippen MR) is 90.3 cm³/mol. The highest BCUT2D eigenvalue weighted by Gasteiger charge is 2.13. The molecule has 0 spiro atoms. The summed E-state index contributed by atoms with van der Waals surface area (Å²) in [4.78, 5) is 23.7. The van der Waals surface area contributed by atoms with Gasteiger partial charge in [0.2, 0.25) is 0 Å². The van der Waals surface area contributed by atoms with E-state index < -0.39 is 0 Å². The summed E-state index contributed by atoms with van der Waals surface area (Å²) in [6, 6.07) is 14.4. The zero-order chi connectivity index (χ0) is 16.7. The van der Waals surface area contributed by atoms with Crippen molar-refractivity contribution in [3.63, 3.8) is 0 Å². The molecule has 0 aliphatic rings. The zero-order valence-corrected chi connectivity index (χ0v) is 14.3. The van der Waals surface area contributed by atoms with Gasteiger partial charge in [0.25, 0.3) is 0 Å². The van der Waals surface area contributed by atoms with E-state index >= 15 is 0 Å². The van der Waals surface area contributed by atoms with Gasteiger partial charge in [-0.15, -0.1) is 0 Å². The lowest BCUT2D eigenvalue weighted by Gasteiger charge is -2.10. The van der Waals surface area contributed by atoms with Gasteiger partial charge >= 0.3 is 11.9 Å². The molecule has 0 saturated carbocycles. The predicted octanol–water partition coefficient (Wildman–Crippen LogP) is 3.70. The molecule has 0 heterocycles. The number of benzene rings is 2. The van der Waals surface area contributed by atoms with E-state index in [4.69, 9.17) is 9.47 Å². The van der Waals surface area contributed by atoms with E-state index in [1.54, 1.807) is 31.2 Å². The first-order chi connectivity index (χ1) is 11.1. The monoisotopic (exact) mass is 376 g/mol. The number of carbonyl (C=O) groups is 2. The molecule has 0 N–H and O–H groups in total. The van der Waals surface area contributed by atoms with Gasteiger partial charge in [-0.25, -0.2) is 0 Å². The molecular formula is C18H17BrO4. The summed E-state index contributed by atoms with van der Waals surface area (Å²) in [5, 5.41) is 0. The molecule has 4 nitrogen and oxygen atoms in total. The summed E-state index contributed by atoms with van der Waals surface area (Å²) < 4.78 is 11.3. The first-order valence-electron chi connectivity index (χ1n) is 7.27. The van der Waals surface area contributed by atoms with E-state index in [2.05, 4.69) is 15.9 Å². The molecule has 0 aromatic heterocycles. The van der Waals surface area contributed by atoms with Crippen molar-refractivity contribution in [2.45, 2.75) is 19.8 Å². The first kappa shape index (κ1) is 17.2. The van der Waals surface area contributed by atoms with Crippen LogP contribution in [0, 0.1) is 0 Å². The number of rotatable bonds is 6. The Kier molecular flexibility index (Phi) is 6.35. The third-order valence-electron chi connectivity index (χ3n) is 3.10. The molecule has 5 heteroatoms. The van der Waals surface area contributed by atoms with Gasteiger partial charge in [-0.2, -0.15) is 0 Å². The van der Waals surface area contributed by atoms with Crippen molar-refractivity contribution in [2.24, 2.45) is 0 Å². The Bertz CT molecular complexity index is 680. The average Bonchev–Trinajstić information content (AvgIpc) is 2.52. The number of hydrogen-bond acceptors (Lipinski definition) is 4. The molecule has 0 unspecified atom stereocenters. The fraction of sp³-hybridized carbons (Fsp3) is 0.222. The quantitative estimate of drug-likeness (QED) is 0.569. The maximum Gasteiger partial charge on any atom is 0.315 e. The standard InChI is InChI=1S/C18H17BrO4/c1-2-22-17(20)12-14-5-3-4-6-16(14)23-18(21)11-13-7-9-15(19)10-8-13/h3-10H,2,11-12H2,1H3. The molecule has 0 fully saturated rings. The highest BCUT2D eigenvalue weighted by molar-refractivity contribution is 9.10. The molecular weight excluding hydrogens is 360 g/mol. The number of para-hydroxylation sites is 1. The third-order valence-corrected chi connectivity index (χ3v) is 3.63. The summed E-state index contributed by atoms with van der Waals surface area (Å²) in [7, 11) is 0. The zero-order valence-electron chi connectivity index (χ0n) is 12.8. The van der Waals surface area contributed by atoms with Gasteiger partial charge in [-0.3, -0.25) is 9.59 Å². The fourth-order valence-electron chi connectivity index (χ4n) is 2.04. The molecule has 0 aliphatic carbocycles. The number of halogens is 1. The second-order valence-electron chi connectivity index (χ2n) is 4.87. The van der Waals surface area contributed by atoms with Crippen LogP contribution < -0.4 is 4.74 Å². The van der Waals surface area contributed by atoms with Crippen LogP contribution in [0.4, 0.5) is 0 Å². The summed E-state index contributed by atoms with van der Waals surface area (Å²) >= 11 is 3.35. The summed E-state index contributed by atoms with van der Waals surface area (Å²) in [6.45, 7) is 2.08. The normalized spacial score (nSPS) is 10.2. The molecule has 0 atom stereocenters. The lowest BCUT2D eigenvalue weighted by Crippen LogP contribution is -2.14. The van der Waals surface area contributed by atoms with Crippen molar-refractivity contribution in [3.05, 3.63) is 64.1 Å². The second kappa shape index (κ2) is 8.48. The molecule has 0 radical (unpaired) electrons. The highest BCUT2D eigenvalue weighted by Crippen LogP contribution is 2.20. The van der Waals surface area contributed by atoms with Gasteiger partial charge in [-0.1, -0.05) is 46.3 Å². The van der Waals surface area contributed by atoms with Crippen LogP contribution in [-0.2, 0) is 27.2 Å². The lowest BCUT2D eigenvalue weighted by molar-refractivity contribution is -0.142. The molecule has 0 aliphatic heterocycles. The average molecular weight is 377 g/mol. The largest absolute Gasteiger partial charge is 0.466 e. The smallest absolute Gasteiger partial charge is 0.315 e. The van der Waals surface area contributed by atoms with E-state index in [1.165, 1.54) is 0 Å². The van der Waals surface area contributed by atoms with Gasteiger partial charge in [0.15, 0.2) is 0 Å². The number of ether oxygens (including phenoxy) is 2. The second-order valence-corrected chi connectivity index (χ2v) is 5.78. The highest BCUT2D eigenvalue weighted by atomic mass is 79.9. The van der Waals surface area contributed by atoms with Crippen LogP contribution in [0.2, 0.25) is 0 Å². The lowest BCUT2D eigenvalue weighted by atomic mass is 10.1. The van der Waals surface area contributed by atoms with Crippen molar-refractivity contribution in [1.29, 1.82) is 0 Å². The van der Waals surface area contributed by atoms with Gasteiger partial charge in [0, 0.05) is 10.0 Å². The summed E-state index contributed by atoms with van der Waals surface area (Å²) in [5.74, 6) is -0.324. The van der Waals surface area contributed by atoms with Crippen molar-refractivity contribution >= 4 is 27.9 Å². The maximum atomic E-state index is 12.1. The van der Waals surface area contributed by atoms with Crippen molar-refractivity contribution in [1.82, 2.24) is 0 Å². The van der Waals surface area contributed by atoms with Crippen LogP contribution in [0.15, 0.2) is 53.0 Å². The molecule has 2 aromatic rings. The van der Waals surface area contributed by atoms with Crippen LogP contribution in [0.25, 0.3) is 0 Å². The van der Waals surface area contributed by atoms with Gasteiger partial charge in [-0.05, 0) is 30.7 Å². The van der Waals surface area contributed by atoms with Crippen LogP contribution >= 0.6 is 15.9 Å². The Morgan fingerprint density at radius 1 is 0.957 bits per heavy atom. The minimum atomic E-state index is -0.372. The number of carbonyl (C=O) groups excluding carboxylic acids is 2. The fourth-order valence-corrected chi connectivity index (χ4v) is 2.31. The van der Waals surface area contributed by atoms with E-state index in [0.29, 0.717) is 17.9 Å². The Labute approximate surface area is 143 Å². The Morgan fingerprint density at radius 3 is 2.35 bits per heavy atom. The Balaban J connectivity index is 2.02. The van der Waals surface area contributed by atoms with Gasteiger partial charge in [0.1, 0.15) is 5.75 Å². The molecule has 0 amide bonds. The Morgan fingerprint density at radius 2 is 1.65 bits per heavy atom. The number of hydrogen-bond donors (Lipinski definition) is 0. The molecule has 0 bridgehead atoms. The van der Waals surface area contributed by atoms with E-state index in [9.17, 15) is 9.59 Å². The van der Waals surface area contributed by atoms with Crippen molar-refractivity contribution in [3.8, 4) is 5.75 Å². The molecule has 2 aromatic carbocycles. The van der Waals surface area contributed by atoms with Gasteiger partial charge in [0.05, 0.1) is 19.4 Å².